The fourth-order valence-electron chi connectivity index (χ4n) is 2.83. The van der Waals surface area contributed by atoms with Gasteiger partial charge in [-0.2, -0.15) is 0 Å². The highest BCUT2D eigenvalue weighted by atomic mass is 16.4. The molecule has 0 aliphatic rings. The zero-order valence-corrected chi connectivity index (χ0v) is 18.7. The summed E-state index contributed by atoms with van der Waals surface area (Å²) in [4.78, 5) is 48.7. The molecular weight excluding hydrogens is 390 g/mol. The normalized spacial score (nSPS) is 15.2. The lowest BCUT2D eigenvalue weighted by atomic mass is 10.0. The zero-order valence-electron chi connectivity index (χ0n) is 18.7. The van der Waals surface area contributed by atoms with Crippen molar-refractivity contribution in [3.63, 3.8) is 0 Å². The van der Waals surface area contributed by atoms with Crippen molar-refractivity contribution < 1.29 is 24.3 Å². The maximum atomic E-state index is 12.6. The molecule has 4 unspecified atom stereocenters. The number of nitrogens with two attached hydrogens (primary N) is 2. The van der Waals surface area contributed by atoms with Crippen LogP contribution in [0.4, 0.5) is 0 Å². The summed E-state index contributed by atoms with van der Waals surface area (Å²) >= 11 is 0. The number of amides is 3. The molecule has 0 bridgehead atoms. The smallest absolute Gasteiger partial charge is 0.326 e. The second-order valence-corrected chi connectivity index (χ2v) is 8.38. The number of rotatable bonds is 14. The molecule has 3 amide bonds. The Morgan fingerprint density at radius 1 is 0.867 bits per heavy atom. The molecule has 0 aromatic carbocycles. The Morgan fingerprint density at radius 2 is 1.47 bits per heavy atom. The molecule has 8 N–H and O–H groups in total. The number of carboxylic acid groups (broad SMARTS) is 1. The summed E-state index contributed by atoms with van der Waals surface area (Å²) in [5.74, 6) is -2.79. The lowest BCUT2D eigenvalue weighted by Gasteiger charge is -2.26. The van der Waals surface area contributed by atoms with E-state index in [0.717, 1.165) is 0 Å². The van der Waals surface area contributed by atoms with Crippen LogP contribution in [0.25, 0.3) is 0 Å². The molecule has 174 valence electrons. The minimum atomic E-state index is -1.14. The van der Waals surface area contributed by atoms with Crippen molar-refractivity contribution >= 4 is 23.7 Å². The second-order valence-electron chi connectivity index (χ2n) is 8.38. The molecule has 0 saturated heterocycles. The van der Waals surface area contributed by atoms with Gasteiger partial charge in [-0.25, -0.2) is 4.79 Å². The number of aliphatic carboxylic acids is 1. The van der Waals surface area contributed by atoms with Gasteiger partial charge in [-0.15, -0.1) is 0 Å². The lowest BCUT2D eigenvalue weighted by Crippen LogP contribution is -2.57. The van der Waals surface area contributed by atoms with Gasteiger partial charge in [0, 0.05) is 0 Å². The first-order valence-corrected chi connectivity index (χ1v) is 10.5. The van der Waals surface area contributed by atoms with Gasteiger partial charge in [0.1, 0.15) is 18.1 Å². The number of hydrogen-bond donors (Lipinski definition) is 6. The third-order valence-corrected chi connectivity index (χ3v) is 4.62. The maximum absolute atomic E-state index is 12.6. The van der Waals surface area contributed by atoms with Gasteiger partial charge in [-0.05, 0) is 51.0 Å². The van der Waals surface area contributed by atoms with Gasteiger partial charge in [0.2, 0.25) is 17.7 Å². The number of hydrogen-bond acceptors (Lipinski definition) is 6. The molecule has 10 heteroatoms. The van der Waals surface area contributed by atoms with E-state index in [1.165, 1.54) is 6.92 Å². The quantitative estimate of drug-likeness (QED) is 0.205. The summed E-state index contributed by atoms with van der Waals surface area (Å²) in [5.41, 5.74) is 11.2. The van der Waals surface area contributed by atoms with Gasteiger partial charge in [-0.1, -0.05) is 27.7 Å². The van der Waals surface area contributed by atoms with Crippen molar-refractivity contribution in [3.05, 3.63) is 0 Å². The fraction of sp³-hybridized carbons (Fsp3) is 0.800. The number of carbonyl (C=O) groups is 4. The van der Waals surface area contributed by atoms with Crippen molar-refractivity contribution in [1.29, 1.82) is 0 Å². The monoisotopic (exact) mass is 429 g/mol. The largest absolute Gasteiger partial charge is 0.480 e. The van der Waals surface area contributed by atoms with Crippen LogP contribution in [0.15, 0.2) is 0 Å². The predicted molar refractivity (Wildman–Crippen MR) is 114 cm³/mol. The molecule has 0 heterocycles. The summed E-state index contributed by atoms with van der Waals surface area (Å²) in [6.45, 7) is 9.28. The maximum Gasteiger partial charge on any atom is 0.326 e. The van der Waals surface area contributed by atoms with Gasteiger partial charge in [-0.3, -0.25) is 14.4 Å². The molecule has 0 aliphatic heterocycles. The predicted octanol–water partition coefficient (Wildman–Crippen LogP) is -0.296. The van der Waals surface area contributed by atoms with E-state index < -0.39 is 47.9 Å². The minimum absolute atomic E-state index is 0.232. The Hall–Kier alpha value is -2.20. The van der Waals surface area contributed by atoms with E-state index >= 15 is 0 Å². The van der Waals surface area contributed by atoms with Crippen molar-refractivity contribution in [2.45, 2.75) is 84.5 Å². The van der Waals surface area contributed by atoms with Gasteiger partial charge in [0.15, 0.2) is 0 Å². The van der Waals surface area contributed by atoms with Gasteiger partial charge < -0.3 is 32.5 Å². The summed E-state index contributed by atoms with van der Waals surface area (Å²) in [5, 5.41) is 17.0. The van der Waals surface area contributed by atoms with Gasteiger partial charge >= 0.3 is 5.97 Å². The van der Waals surface area contributed by atoms with Crippen LogP contribution in [0, 0.1) is 11.8 Å². The summed E-state index contributed by atoms with van der Waals surface area (Å²) in [6, 6.07) is -3.63. The van der Waals surface area contributed by atoms with Crippen molar-refractivity contribution in [2.24, 2.45) is 23.3 Å². The molecule has 4 atom stereocenters. The molecule has 30 heavy (non-hydrogen) atoms. The van der Waals surface area contributed by atoms with E-state index in [0.29, 0.717) is 25.8 Å². The number of nitrogens with one attached hydrogen (secondary N) is 3. The lowest BCUT2D eigenvalue weighted by molar-refractivity contribution is -0.142. The minimum Gasteiger partial charge on any atom is -0.480 e. The van der Waals surface area contributed by atoms with Crippen molar-refractivity contribution in [2.75, 3.05) is 6.54 Å². The van der Waals surface area contributed by atoms with Crippen molar-refractivity contribution in [3.8, 4) is 0 Å². The SMILES string of the molecule is CC(C)CC(N)C(=O)NC(C)C(=O)NC(C(=O)NC(CCCCN)C(=O)O)C(C)C. The van der Waals surface area contributed by atoms with E-state index in [2.05, 4.69) is 16.0 Å². The Balaban J connectivity index is 4.95. The molecule has 0 spiro atoms. The third kappa shape index (κ3) is 10.5. The molecule has 0 rings (SSSR count). The Morgan fingerprint density at radius 3 is 1.93 bits per heavy atom. The standard InChI is InChI=1S/C20H39N5O5/c1-11(2)10-14(22)18(27)23-13(5)17(26)25-16(12(3)4)19(28)24-15(20(29)30)8-6-7-9-21/h11-16H,6-10,21-22H2,1-5H3,(H,23,27)(H,24,28)(H,25,26)(H,29,30). The summed E-state index contributed by atoms with van der Waals surface area (Å²) < 4.78 is 0. The molecule has 10 nitrogen and oxygen atoms in total. The molecule has 0 aromatic heterocycles. The van der Waals surface area contributed by atoms with Crippen LogP contribution in [0.5, 0.6) is 0 Å². The van der Waals surface area contributed by atoms with Crippen LogP contribution in [-0.4, -0.2) is 59.5 Å². The Labute approximate surface area is 178 Å². The first-order valence-electron chi connectivity index (χ1n) is 10.5. The van der Waals surface area contributed by atoms with Crippen LogP contribution < -0.4 is 27.4 Å². The summed E-state index contributed by atoms with van der Waals surface area (Å²) in [7, 11) is 0. The number of unbranched alkanes of at least 4 members (excludes halogenated alkanes) is 1. The van der Waals surface area contributed by atoms with Crippen LogP contribution in [0.2, 0.25) is 0 Å². The molecular formula is C20H39N5O5. The van der Waals surface area contributed by atoms with E-state index in [-0.39, 0.29) is 18.3 Å². The van der Waals surface area contributed by atoms with Gasteiger partial charge in [0.05, 0.1) is 6.04 Å². The Kier molecular flexibility index (Phi) is 12.9. The first kappa shape index (κ1) is 27.8. The highest BCUT2D eigenvalue weighted by Crippen LogP contribution is 2.07. The number of carboxylic acids is 1. The average molecular weight is 430 g/mol. The highest BCUT2D eigenvalue weighted by molar-refractivity contribution is 5.94. The first-order chi connectivity index (χ1) is 13.9. The average Bonchev–Trinajstić information content (AvgIpc) is 2.63. The van der Waals surface area contributed by atoms with Crippen LogP contribution in [0.3, 0.4) is 0 Å². The molecule has 0 radical (unpaired) electrons. The zero-order chi connectivity index (χ0) is 23.4. The fourth-order valence-corrected chi connectivity index (χ4v) is 2.83. The van der Waals surface area contributed by atoms with Crippen LogP contribution in [0.1, 0.15) is 60.3 Å². The third-order valence-electron chi connectivity index (χ3n) is 4.62. The molecule has 0 aromatic rings. The highest BCUT2D eigenvalue weighted by Gasteiger charge is 2.30. The number of carbonyl (C=O) groups excluding carboxylic acids is 3. The molecule has 0 fully saturated rings. The van der Waals surface area contributed by atoms with E-state index in [1.54, 1.807) is 13.8 Å². The van der Waals surface area contributed by atoms with E-state index in [4.69, 9.17) is 11.5 Å². The van der Waals surface area contributed by atoms with Crippen LogP contribution >= 0.6 is 0 Å². The van der Waals surface area contributed by atoms with E-state index in [1.807, 2.05) is 13.8 Å². The topological polar surface area (TPSA) is 177 Å². The molecule has 0 saturated carbocycles. The summed E-state index contributed by atoms with van der Waals surface area (Å²) in [6.07, 6.45) is 1.95. The second kappa shape index (κ2) is 13.9. The van der Waals surface area contributed by atoms with Crippen molar-refractivity contribution in [1.82, 2.24) is 16.0 Å². The van der Waals surface area contributed by atoms with Gasteiger partial charge in [0.25, 0.3) is 0 Å². The van der Waals surface area contributed by atoms with Crippen LogP contribution in [-0.2, 0) is 19.2 Å². The molecule has 0 aliphatic carbocycles. The van der Waals surface area contributed by atoms with E-state index in [9.17, 15) is 24.3 Å². The Bertz CT molecular complexity index is 582.